The summed E-state index contributed by atoms with van der Waals surface area (Å²) in [6, 6.07) is 3.74. The standard InChI is InChI=1S/C12H13F2N3O2/c13-10(14)8-18-5-3-12-16-11(17-19-12)6-9-2-1-4-15-7-9/h1-2,4,7,10H,3,5-6,8H2. The average Bonchev–Trinajstić information content (AvgIpc) is 2.83. The van der Waals surface area contributed by atoms with E-state index in [9.17, 15) is 8.78 Å². The molecule has 0 aromatic carbocycles. The first kappa shape index (κ1) is 13.5. The van der Waals surface area contributed by atoms with Crippen molar-refractivity contribution in [3.05, 3.63) is 41.8 Å². The van der Waals surface area contributed by atoms with Crippen molar-refractivity contribution in [3.63, 3.8) is 0 Å². The highest BCUT2D eigenvalue weighted by atomic mass is 19.3. The van der Waals surface area contributed by atoms with Crippen molar-refractivity contribution < 1.29 is 18.0 Å². The van der Waals surface area contributed by atoms with Crippen LogP contribution in [0.25, 0.3) is 0 Å². The number of alkyl halides is 2. The Morgan fingerprint density at radius 2 is 2.26 bits per heavy atom. The van der Waals surface area contributed by atoms with Gasteiger partial charge in [0.05, 0.1) is 13.0 Å². The van der Waals surface area contributed by atoms with Gasteiger partial charge in [0.1, 0.15) is 6.61 Å². The first-order valence-electron chi connectivity index (χ1n) is 5.80. The summed E-state index contributed by atoms with van der Waals surface area (Å²) in [5.74, 6) is 0.921. The molecule has 0 N–H and O–H groups in total. The molecule has 0 unspecified atom stereocenters. The molecule has 102 valence electrons. The normalized spacial score (nSPS) is 11.1. The molecule has 0 aliphatic rings. The molecule has 5 nitrogen and oxygen atoms in total. The van der Waals surface area contributed by atoms with E-state index in [-0.39, 0.29) is 6.61 Å². The molecule has 2 rings (SSSR count). The van der Waals surface area contributed by atoms with E-state index in [4.69, 9.17) is 9.26 Å². The minimum atomic E-state index is -2.45. The van der Waals surface area contributed by atoms with Crippen LogP contribution in [0, 0.1) is 0 Å². The van der Waals surface area contributed by atoms with E-state index in [0.29, 0.717) is 24.6 Å². The third-order valence-electron chi connectivity index (χ3n) is 2.30. The van der Waals surface area contributed by atoms with Gasteiger partial charge in [-0.25, -0.2) is 8.78 Å². The van der Waals surface area contributed by atoms with Gasteiger partial charge in [-0.15, -0.1) is 0 Å². The van der Waals surface area contributed by atoms with Gasteiger partial charge in [0.25, 0.3) is 6.43 Å². The van der Waals surface area contributed by atoms with Crippen LogP contribution < -0.4 is 0 Å². The van der Waals surface area contributed by atoms with E-state index >= 15 is 0 Å². The molecule has 19 heavy (non-hydrogen) atoms. The minimum absolute atomic E-state index is 0.138. The number of hydrogen-bond donors (Lipinski definition) is 0. The van der Waals surface area contributed by atoms with Crippen LogP contribution in [0.5, 0.6) is 0 Å². The topological polar surface area (TPSA) is 61.0 Å². The van der Waals surface area contributed by atoms with Gasteiger partial charge in [0.2, 0.25) is 5.89 Å². The molecular formula is C12H13F2N3O2. The largest absolute Gasteiger partial charge is 0.375 e. The van der Waals surface area contributed by atoms with E-state index in [1.165, 1.54) is 0 Å². The minimum Gasteiger partial charge on any atom is -0.375 e. The Bertz CT molecular complexity index is 491. The molecule has 0 amide bonds. The lowest BCUT2D eigenvalue weighted by Gasteiger charge is -1.99. The number of aromatic nitrogens is 3. The predicted molar refractivity (Wildman–Crippen MR) is 61.9 cm³/mol. The monoisotopic (exact) mass is 269 g/mol. The summed E-state index contributed by atoms with van der Waals surface area (Å²) >= 11 is 0. The Balaban J connectivity index is 1.79. The fraction of sp³-hybridized carbons (Fsp3) is 0.417. The smallest absolute Gasteiger partial charge is 0.261 e. The molecule has 0 saturated heterocycles. The number of ether oxygens (including phenoxy) is 1. The van der Waals surface area contributed by atoms with Crippen LogP contribution in [-0.4, -0.2) is 34.8 Å². The first-order chi connectivity index (χ1) is 9.24. The van der Waals surface area contributed by atoms with Gasteiger partial charge >= 0.3 is 0 Å². The molecule has 0 aliphatic heterocycles. The molecule has 0 bridgehead atoms. The van der Waals surface area contributed by atoms with Crippen LogP contribution in [0.1, 0.15) is 17.3 Å². The maximum atomic E-state index is 11.8. The van der Waals surface area contributed by atoms with Gasteiger partial charge in [-0.05, 0) is 11.6 Å². The SMILES string of the molecule is FC(F)COCCc1nc(Cc2cccnc2)no1. The Morgan fingerprint density at radius 3 is 3.00 bits per heavy atom. The number of hydrogen-bond acceptors (Lipinski definition) is 5. The summed E-state index contributed by atoms with van der Waals surface area (Å²) in [7, 11) is 0. The molecule has 0 saturated carbocycles. The third kappa shape index (κ3) is 4.70. The van der Waals surface area contributed by atoms with E-state index in [1.54, 1.807) is 12.4 Å². The zero-order chi connectivity index (χ0) is 13.5. The zero-order valence-electron chi connectivity index (χ0n) is 10.1. The summed E-state index contributed by atoms with van der Waals surface area (Å²) < 4.78 is 33.4. The maximum absolute atomic E-state index is 11.8. The van der Waals surface area contributed by atoms with E-state index in [2.05, 4.69) is 15.1 Å². The summed E-state index contributed by atoms with van der Waals surface area (Å²) in [6.07, 6.45) is 1.80. The van der Waals surface area contributed by atoms with Crippen molar-refractivity contribution in [2.75, 3.05) is 13.2 Å². The number of nitrogens with zero attached hydrogens (tertiary/aromatic N) is 3. The van der Waals surface area contributed by atoms with Gasteiger partial charge in [-0.2, -0.15) is 4.98 Å². The molecule has 0 fully saturated rings. The maximum Gasteiger partial charge on any atom is 0.261 e. The molecule has 2 heterocycles. The highest BCUT2D eigenvalue weighted by molar-refractivity contribution is 5.13. The molecule has 2 aromatic heterocycles. The van der Waals surface area contributed by atoms with E-state index < -0.39 is 13.0 Å². The quantitative estimate of drug-likeness (QED) is 0.718. The van der Waals surface area contributed by atoms with Gasteiger partial charge in [0, 0.05) is 18.8 Å². The molecule has 2 aromatic rings. The van der Waals surface area contributed by atoms with Crippen molar-refractivity contribution in [3.8, 4) is 0 Å². The van der Waals surface area contributed by atoms with Gasteiger partial charge in [-0.1, -0.05) is 11.2 Å². The number of halogens is 2. The zero-order valence-corrected chi connectivity index (χ0v) is 10.1. The van der Waals surface area contributed by atoms with Crippen molar-refractivity contribution >= 4 is 0 Å². The van der Waals surface area contributed by atoms with Gasteiger partial charge in [0.15, 0.2) is 5.82 Å². The van der Waals surface area contributed by atoms with Crippen LogP contribution in [0.2, 0.25) is 0 Å². The van der Waals surface area contributed by atoms with Crippen molar-refractivity contribution in [2.45, 2.75) is 19.3 Å². The van der Waals surface area contributed by atoms with E-state index in [1.807, 2.05) is 12.1 Å². The second-order valence-corrected chi connectivity index (χ2v) is 3.86. The summed E-state index contributed by atoms with van der Waals surface area (Å²) in [6.45, 7) is -0.435. The van der Waals surface area contributed by atoms with Gasteiger partial charge in [-0.3, -0.25) is 4.98 Å². The Kier molecular flexibility index (Phi) is 4.91. The molecule has 0 aliphatic carbocycles. The average molecular weight is 269 g/mol. The van der Waals surface area contributed by atoms with Crippen LogP contribution in [0.15, 0.2) is 29.0 Å². The Morgan fingerprint density at radius 1 is 1.37 bits per heavy atom. The lowest BCUT2D eigenvalue weighted by atomic mass is 10.2. The van der Waals surface area contributed by atoms with Gasteiger partial charge < -0.3 is 9.26 Å². The second kappa shape index (κ2) is 6.89. The lowest BCUT2D eigenvalue weighted by molar-refractivity contribution is 0.0171. The van der Waals surface area contributed by atoms with Crippen LogP contribution in [-0.2, 0) is 17.6 Å². The predicted octanol–water partition coefficient (Wildman–Crippen LogP) is 1.88. The van der Waals surface area contributed by atoms with Crippen LogP contribution >= 0.6 is 0 Å². The molecule has 0 spiro atoms. The molecular weight excluding hydrogens is 256 g/mol. The fourth-order valence-electron chi connectivity index (χ4n) is 1.48. The molecule has 0 atom stereocenters. The number of pyridine rings is 1. The highest BCUT2D eigenvalue weighted by Gasteiger charge is 2.08. The highest BCUT2D eigenvalue weighted by Crippen LogP contribution is 2.06. The third-order valence-corrected chi connectivity index (χ3v) is 2.30. The van der Waals surface area contributed by atoms with Crippen LogP contribution in [0.4, 0.5) is 8.78 Å². The Labute approximate surface area is 108 Å². The summed E-state index contributed by atoms with van der Waals surface area (Å²) in [5, 5.41) is 3.81. The first-order valence-corrected chi connectivity index (χ1v) is 5.80. The van der Waals surface area contributed by atoms with Crippen molar-refractivity contribution in [2.24, 2.45) is 0 Å². The van der Waals surface area contributed by atoms with Crippen molar-refractivity contribution in [1.82, 2.24) is 15.1 Å². The fourth-order valence-corrected chi connectivity index (χ4v) is 1.48. The summed E-state index contributed by atoms with van der Waals surface area (Å²) in [4.78, 5) is 8.14. The molecule has 7 heteroatoms. The second-order valence-electron chi connectivity index (χ2n) is 3.86. The molecule has 0 radical (unpaired) electrons. The van der Waals surface area contributed by atoms with Crippen LogP contribution in [0.3, 0.4) is 0 Å². The summed E-state index contributed by atoms with van der Waals surface area (Å²) in [5.41, 5.74) is 0.976. The number of rotatable bonds is 7. The van der Waals surface area contributed by atoms with Crippen molar-refractivity contribution in [1.29, 1.82) is 0 Å². The Hall–Kier alpha value is -1.89. The lowest BCUT2D eigenvalue weighted by Crippen LogP contribution is -2.07. The van der Waals surface area contributed by atoms with E-state index in [0.717, 1.165) is 5.56 Å².